The van der Waals surface area contributed by atoms with Gasteiger partial charge in [-0.3, -0.25) is 4.68 Å². The molecule has 2 rings (SSSR count). The zero-order valence-electron chi connectivity index (χ0n) is 11.3. The van der Waals surface area contributed by atoms with Gasteiger partial charge in [-0.25, -0.2) is 0 Å². The molecule has 1 N–H and O–H groups in total. The van der Waals surface area contributed by atoms with Crippen LogP contribution in [0.25, 0.3) is 0 Å². The first-order chi connectivity index (χ1) is 8.16. The van der Waals surface area contributed by atoms with Crippen LogP contribution in [-0.2, 0) is 0 Å². The molecule has 0 radical (unpaired) electrons. The van der Waals surface area contributed by atoms with Crippen LogP contribution in [0.5, 0.6) is 0 Å². The third-order valence-electron chi connectivity index (χ3n) is 3.88. The van der Waals surface area contributed by atoms with Crippen molar-refractivity contribution in [2.45, 2.75) is 65.0 Å². The van der Waals surface area contributed by atoms with Gasteiger partial charge in [0, 0.05) is 18.3 Å². The van der Waals surface area contributed by atoms with Crippen LogP contribution in [-0.4, -0.2) is 15.8 Å². The van der Waals surface area contributed by atoms with E-state index in [0.717, 1.165) is 11.6 Å². The van der Waals surface area contributed by atoms with E-state index in [9.17, 15) is 0 Å². The lowest BCUT2D eigenvalue weighted by Gasteiger charge is -2.28. The molecule has 17 heavy (non-hydrogen) atoms. The summed E-state index contributed by atoms with van der Waals surface area (Å²) < 4.78 is 2.01. The summed E-state index contributed by atoms with van der Waals surface area (Å²) in [5.41, 5.74) is 1.16. The Kier molecular flexibility index (Phi) is 4.08. The van der Waals surface area contributed by atoms with Gasteiger partial charge in [0.15, 0.2) is 0 Å². The molecule has 0 spiro atoms. The summed E-state index contributed by atoms with van der Waals surface area (Å²) in [6.07, 6.45) is 11.1. The van der Waals surface area contributed by atoms with Crippen LogP contribution in [0.4, 0.5) is 5.69 Å². The van der Waals surface area contributed by atoms with Crippen molar-refractivity contribution in [3.63, 3.8) is 0 Å². The second kappa shape index (κ2) is 5.56. The summed E-state index contributed by atoms with van der Waals surface area (Å²) in [6.45, 7) is 6.62. The predicted molar refractivity (Wildman–Crippen MR) is 72.3 cm³/mol. The Morgan fingerprint density at radius 2 is 1.94 bits per heavy atom. The van der Waals surface area contributed by atoms with Crippen molar-refractivity contribution >= 4 is 5.69 Å². The maximum Gasteiger partial charge on any atom is 0.0728 e. The lowest BCUT2D eigenvalue weighted by Crippen LogP contribution is -2.27. The molecular weight excluding hydrogens is 210 g/mol. The van der Waals surface area contributed by atoms with Gasteiger partial charge < -0.3 is 5.32 Å². The maximum absolute atomic E-state index is 4.37. The first-order valence-electron chi connectivity index (χ1n) is 6.97. The van der Waals surface area contributed by atoms with Crippen LogP contribution < -0.4 is 5.32 Å². The fraction of sp³-hybridized carbons (Fsp3) is 0.786. The second-order valence-corrected chi connectivity index (χ2v) is 5.63. The first-order valence-corrected chi connectivity index (χ1v) is 6.97. The Balaban J connectivity index is 1.90. The molecule has 0 aliphatic heterocycles. The average Bonchev–Trinajstić information content (AvgIpc) is 2.79. The van der Waals surface area contributed by atoms with Crippen molar-refractivity contribution in [2.75, 3.05) is 5.32 Å². The fourth-order valence-corrected chi connectivity index (χ4v) is 2.71. The van der Waals surface area contributed by atoms with Gasteiger partial charge in [0.05, 0.1) is 11.9 Å². The van der Waals surface area contributed by atoms with Gasteiger partial charge in [-0.15, -0.1) is 0 Å². The molecule has 1 aliphatic carbocycles. The van der Waals surface area contributed by atoms with E-state index in [4.69, 9.17) is 0 Å². The fourth-order valence-electron chi connectivity index (χ4n) is 2.71. The van der Waals surface area contributed by atoms with E-state index in [2.05, 4.69) is 37.4 Å². The van der Waals surface area contributed by atoms with E-state index in [0.29, 0.717) is 12.1 Å². The van der Waals surface area contributed by atoms with Crippen molar-refractivity contribution in [1.29, 1.82) is 0 Å². The summed E-state index contributed by atoms with van der Waals surface area (Å²) in [6, 6.07) is 1.01. The minimum atomic E-state index is 0.440. The highest BCUT2D eigenvalue weighted by Crippen LogP contribution is 2.28. The number of anilines is 1. The van der Waals surface area contributed by atoms with Crippen molar-refractivity contribution in [3.8, 4) is 0 Å². The quantitative estimate of drug-likeness (QED) is 0.859. The monoisotopic (exact) mass is 235 g/mol. The van der Waals surface area contributed by atoms with E-state index in [1.54, 1.807) is 0 Å². The Morgan fingerprint density at radius 3 is 2.53 bits per heavy atom. The first kappa shape index (κ1) is 12.5. The van der Waals surface area contributed by atoms with Crippen LogP contribution in [0.1, 0.15) is 58.9 Å². The molecule has 1 heterocycles. The third-order valence-corrected chi connectivity index (χ3v) is 3.88. The molecule has 1 aromatic heterocycles. The van der Waals surface area contributed by atoms with Crippen molar-refractivity contribution in [2.24, 2.45) is 5.92 Å². The topological polar surface area (TPSA) is 29.9 Å². The van der Waals surface area contributed by atoms with E-state index in [1.165, 1.54) is 32.1 Å². The molecule has 0 saturated heterocycles. The lowest BCUT2D eigenvalue weighted by atomic mass is 9.84. The minimum Gasteiger partial charge on any atom is -0.380 e. The summed E-state index contributed by atoms with van der Waals surface area (Å²) in [7, 11) is 0. The van der Waals surface area contributed by atoms with E-state index < -0.39 is 0 Å². The molecule has 1 aliphatic rings. The molecule has 96 valence electrons. The smallest absolute Gasteiger partial charge is 0.0728 e. The number of hydrogen-bond acceptors (Lipinski definition) is 2. The van der Waals surface area contributed by atoms with Gasteiger partial charge in [-0.05, 0) is 39.5 Å². The third kappa shape index (κ3) is 3.24. The molecule has 1 fully saturated rings. The lowest BCUT2D eigenvalue weighted by molar-refractivity contribution is 0.328. The van der Waals surface area contributed by atoms with Gasteiger partial charge in [0.25, 0.3) is 0 Å². The number of rotatable bonds is 4. The summed E-state index contributed by atoms with van der Waals surface area (Å²) in [5, 5.41) is 7.97. The maximum atomic E-state index is 4.37. The standard InChI is InChI=1S/C14H25N3/c1-11(2)17-10-14(9-15-17)16-12(3)13-7-5-4-6-8-13/h9-13,16H,4-8H2,1-3H3. The summed E-state index contributed by atoms with van der Waals surface area (Å²) in [4.78, 5) is 0. The highest BCUT2D eigenvalue weighted by molar-refractivity contribution is 5.39. The van der Waals surface area contributed by atoms with E-state index in [1.807, 2.05) is 10.9 Å². The Bertz CT molecular complexity index is 337. The summed E-state index contributed by atoms with van der Waals surface area (Å²) >= 11 is 0. The Labute approximate surface area is 105 Å². The van der Waals surface area contributed by atoms with Crippen LogP contribution in [0.2, 0.25) is 0 Å². The molecule has 3 heteroatoms. The molecule has 1 saturated carbocycles. The minimum absolute atomic E-state index is 0.440. The molecule has 0 aromatic carbocycles. The van der Waals surface area contributed by atoms with Gasteiger partial charge >= 0.3 is 0 Å². The van der Waals surface area contributed by atoms with Crippen molar-refractivity contribution < 1.29 is 0 Å². The summed E-state index contributed by atoms with van der Waals surface area (Å²) in [5.74, 6) is 0.839. The number of nitrogens with zero attached hydrogens (tertiary/aromatic N) is 2. The van der Waals surface area contributed by atoms with Gasteiger partial charge in [0.1, 0.15) is 0 Å². The predicted octanol–water partition coefficient (Wildman–Crippen LogP) is 3.84. The van der Waals surface area contributed by atoms with Crippen molar-refractivity contribution in [3.05, 3.63) is 12.4 Å². The normalized spacial score (nSPS) is 19.5. The van der Waals surface area contributed by atoms with Crippen LogP contribution in [0, 0.1) is 5.92 Å². The highest BCUT2D eigenvalue weighted by Gasteiger charge is 2.20. The van der Waals surface area contributed by atoms with Crippen LogP contribution >= 0.6 is 0 Å². The molecule has 0 amide bonds. The highest BCUT2D eigenvalue weighted by atomic mass is 15.3. The SMILES string of the molecule is CC(Nc1cnn(C(C)C)c1)C1CCCCC1. The molecule has 1 aromatic rings. The average molecular weight is 235 g/mol. The van der Waals surface area contributed by atoms with E-state index in [-0.39, 0.29) is 0 Å². The molecule has 0 bridgehead atoms. The Hall–Kier alpha value is -0.990. The molecule has 1 atom stereocenters. The molecular formula is C14H25N3. The number of hydrogen-bond donors (Lipinski definition) is 1. The molecule has 3 nitrogen and oxygen atoms in total. The Morgan fingerprint density at radius 1 is 1.24 bits per heavy atom. The largest absolute Gasteiger partial charge is 0.380 e. The van der Waals surface area contributed by atoms with E-state index >= 15 is 0 Å². The van der Waals surface area contributed by atoms with Crippen LogP contribution in [0.15, 0.2) is 12.4 Å². The zero-order valence-corrected chi connectivity index (χ0v) is 11.3. The number of nitrogens with one attached hydrogen (secondary N) is 1. The van der Waals surface area contributed by atoms with Gasteiger partial charge in [-0.2, -0.15) is 5.10 Å². The zero-order chi connectivity index (χ0) is 12.3. The van der Waals surface area contributed by atoms with Crippen molar-refractivity contribution in [1.82, 2.24) is 9.78 Å². The molecule has 1 unspecified atom stereocenters. The second-order valence-electron chi connectivity index (χ2n) is 5.63. The van der Waals surface area contributed by atoms with Crippen LogP contribution in [0.3, 0.4) is 0 Å². The van der Waals surface area contributed by atoms with Gasteiger partial charge in [0.2, 0.25) is 0 Å². The van der Waals surface area contributed by atoms with Gasteiger partial charge in [-0.1, -0.05) is 19.3 Å². The number of aromatic nitrogens is 2.